The lowest BCUT2D eigenvalue weighted by Gasteiger charge is -2.39. The van der Waals surface area contributed by atoms with Crippen LogP contribution in [0.4, 0.5) is 0 Å². The van der Waals surface area contributed by atoms with E-state index < -0.39 is 13.1 Å². The lowest BCUT2D eigenvalue weighted by atomic mass is 9.77. The molecule has 1 amide bonds. The van der Waals surface area contributed by atoms with Gasteiger partial charge in [0.15, 0.2) is 0 Å². The van der Waals surface area contributed by atoms with E-state index in [1.807, 2.05) is 6.07 Å². The number of ether oxygens (including phenoxy) is 1. The molecule has 1 saturated carbocycles. The maximum absolute atomic E-state index is 12.2. The second kappa shape index (κ2) is 6.27. The Bertz CT molecular complexity index is 943. The van der Waals surface area contributed by atoms with E-state index in [9.17, 15) is 19.7 Å². The average molecular weight is 383 g/mol. The monoisotopic (exact) mass is 383 g/mol. The number of aromatic carboxylic acids is 1. The van der Waals surface area contributed by atoms with Crippen LogP contribution in [0.15, 0.2) is 24.7 Å². The summed E-state index contributed by atoms with van der Waals surface area (Å²) in [5.74, 6) is -0.638. The van der Waals surface area contributed by atoms with Crippen LogP contribution in [0.2, 0.25) is 5.82 Å². The number of carbonyl (C=O) groups excluding carboxylic acids is 1. The highest BCUT2D eigenvalue weighted by atomic mass is 16.5. The number of aromatic amines is 1. The summed E-state index contributed by atoms with van der Waals surface area (Å²) in [4.78, 5) is 32.5. The van der Waals surface area contributed by atoms with Crippen molar-refractivity contribution in [2.75, 3.05) is 13.1 Å². The predicted molar refractivity (Wildman–Crippen MR) is 96.4 cm³/mol. The molecular formula is C18H18BN3O6. The number of nitrogens with zero attached hydrogens (tertiary/aromatic N) is 2. The number of carboxylic acid groups (broad SMARTS) is 1. The van der Waals surface area contributed by atoms with Gasteiger partial charge in [0.1, 0.15) is 23.2 Å². The first-order chi connectivity index (χ1) is 13.5. The molecule has 28 heavy (non-hydrogen) atoms. The first kappa shape index (κ1) is 17.1. The van der Waals surface area contributed by atoms with Gasteiger partial charge in [-0.05, 0) is 24.0 Å². The number of carbonyl (C=O) groups is 2. The Kier molecular flexibility index (Phi) is 3.83. The van der Waals surface area contributed by atoms with Gasteiger partial charge in [-0.15, -0.1) is 0 Å². The van der Waals surface area contributed by atoms with Crippen LogP contribution in [-0.2, 0) is 11.2 Å². The molecular weight excluding hydrogens is 365 g/mol. The van der Waals surface area contributed by atoms with E-state index in [-0.39, 0.29) is 47.2 Å². The minimum atomic E-state index is -1.16. The van der Waals surface area contributed by atoms with Crippen LogP contribution in [-0.4, -0.2) is 63.2 Å². The van der Waals surface area contributed by atoms with Gasteiger partial charge in [0.05, 0.1) is 31.5 Å². The number of amides is 1. The average Bonchev–Trinajstić information content (AvgIpc) is 3.27. The van der Waals surface area contributed by atoms with E-state index >= 15 is 0 Å². The van der Waals surface area contributed by atoms with E-state index in [0.717, 1.165) is 12.0 Å². The van der Waals surface area contributed by atoms with Gasteiger partial charge in [-0.2, -0.15) is 0 Å². The fraction of sp³-hybridized carbons (Fsp3) is 0.389. The Balaban J connectivity index is 1.28. The SMILES string of the molecule is O=C(O)c1c(OC2CN(C(=O)Cc3c[nH]cn3)C2)ccc2c1OB(O)[C@@H]1CC21. The Labute approximate surface area is 160 Å². The van der Waals surface area contributed by atoms with Crippen molar-refractivity contribution in [2.45, 2.75) is 30.7 Å². The van der Waals surface area contributed by atoms with E-state index in [1.165, 1.54) is 6.33 Å². The quantitative estimate of drug-likeness (QED) is 0.648. The molecule has 0 spiro atoms. The molecule has 0 bridgehead atoms. The van der Waals surface area contributed by atoms with Gasteiger partial charge in [-0.1, -0.05) is 6.07 Å². The zero-order valence-electron chi connectivity index (χ0n) is 14.9. The number of benzene rings is 1. The summed E-state index contributed by atoms with van der Waals surface area (Å²) >= 11 is 0. The Hall–Kier alpha value is -3.01. The molecule has 3 aliphatic rings. The van der Waals surface area contributed by atoms with Gasteiger partial charge in [0.2, 0.25) is 5.91 Å². The summed E-state index contributed by atoms with van der Waals surface area (Å²) in [6, 6.07) is 3.46. The second-order valence-corrected chi connectivity index (χ2v) is 7.45. The molecule has 144 valence electrons. The summed E-state index contributed by atoms with van der Waals surface area (Å²) in [7, 11) is -0.982. The summed E-state index contributed by atoms with van der Waals surface area (Å²) in [5.41, 5.74) is 1.42. The molecule has 2 aliphatic heterocycles. The fourth-order valence-corrected chi connectivity index (χ4v) is 3.95. The molecule has 0 radical (unpaired) electrons. The van der Waals surface area contributed by atoms with Gasteiger partial charge >= 0.3 is 13.1 Å². The second-order valence-electron chi connectivity index (χ2n) is 7.45. The number of hydrogen-bond acceptors (Lipinski definition) is 6. The fourth-order valence-electron chi connectivity index (χ4n) is 3.95. The lowest BCUT2D eigenvalue weighted by molar-refractivity contribution is -0.139. The highest BCUT2D eigenvalue weighted by Crippen LogP contribution is 2.60. The Morgan fingerprint density at radius 3 is 2.93 bits per heavy atom. The molecule has 1 aromatic carbocycles. The van der Waals surface area contributed by atoms with Crippen molar-refractivity contribution < 1.29 is 29.1 Å². The highest BCUT2D eigenvalue weighted by molar-refractivity contribution is 6.48. The van der Waals surface area contributed by atoms with Gasteiger partial charge in [0.25, 0.3) is 0 Å². The minimum Gasteiger partial charge on any atom is -0.535 e. The van der Waals surface area contributed by atoms with Crippen LogP contribution in [0, 0.1) is 0 Å². The van der Waals surface area contributed by atoms with Crippen molar-refractivity contribution in [2.24, 2.45) is 0 Å². The Morgan fingerprint density at radius 2 is 2.21 bits per heavy atom. The first-order valence-corrected chi connectivity index (χ1v) is 9.18. The number of H-pyrrole nitrogens is 1. The third kappa shape index (κ3) is 2.80. The minimum absolute atomic E-state index is 0.0432. The zero-order valence-corrected chi connectivity index (χ0v) is 14.9. The van der Waals surface area contributed by atoms with Crippen LogP contribution in [0.3, 0.4) is 0 Å². The number of hydrogen-bond donors (Lipinski definition) is 3. The Morgan fingerprint density at radius 1 is 1.39 bits per heavy atom. The van der Waals surface area contributed by atoms with Crippen LogP contribution in [0.5, 0.6) is 11.5 Å². The van der Waals surface area contributed by atoms with E-state index in [1.54, 1.807) is 17.2 Å². The van der Waals surface area contributed by atoms with Gasteiger partial charge in [-0.3, -0.25) is 4.79 Å². The molecule has 10 heteroatoms. The van der Waals surface area contributed by atoms with Gasteiger partial charge in [-0.25, -0.2) is 9.78 Å². The summed E-state index contributed by atoms with van der Waals surface area (Å²) < 4.78 is 11.3. The van der Waals surface area contributed by atoms with E-state index in [0.29, 0.717) is 18.8 Å². The molecule has 5 rings (SSSR count). The maximum atomic E-state index is 12.2. The molecule has 3 heterocycles. The van der Waals surface area contributed by atoms with Gasteiger partial charge < -0.3 is 29.4 Å². The summed E-state index contributed by atoms with van der Waals surface area (Å²) in [6.45, 7) is 0.765. The van der Waals surface area contributed by atoms with Crippen molar-refractivity contribution >= 4 is 19.0 Å². The van der Waals surface area contributed by atoms with Crippen LogP contribution in [0.1, 0.15) is 34.0 Å². The van der Waals surface area contributed by atoms with Crippen LogP contribution in [0.25, 0.3) is 0 Å². The number of likely N-dealkylation sites (tertiary alicyclic amines) is 1. The first-order valence-electron chi connectivity index (χ1n) is 9.18. The number of fused-ring (bicyclic) bond motifs is 3. The number of carboxylic acids is 1. The zero-order chi connectivity index (χ0) is 19.4. The smallest absolute Gasteiger partial charge is 0.526 e. The highest BCUT2D eigenvalue weighted by Gasteiger charge is 2.54. The molecule has 1 aromatic heterocycles. The van der Waals surface area contributed by atoms with Crippen LogP contribution < -0.4 is 9.39 Å². The van der Waals surface area contributed by atoms with Crippen molar-refractivity contribution in [3.05, 3.63) is 41.5 Å². The molecule has 2 atom stereocenters. The molecule has 3 N–H and O–H groups in total. The topological polar surface area (TPSA) is 125 Å². The number of aromatic nitrogens is 2. The van der Waals surface area contributed by atoms with Gasteiger partial charge in [0, 0.05) is 12.0 Å². The van der Waals surface area contributed by atoms with Crippen molar-refractivity contribution in [3.8, 4) is 11.5 Å². The molecule has 1 unspecified atom stereocenters. The molecule has 2 fully saturated rings. The third-order valence-corrected chi connectivity index (χ3v) is 5.59. The molecule has 9 nitrogen and oxygen atoms in total. The number of rotatable bonds is 5. The predicted octanol–water partition coefficient (Wildman–Crippen LogP) is 0.671. The normalized spacial score (nSPS) is 22.6. The summed E-state index contributed by atoms with van der Waals surface area (Å²) in [5, 5.41) is 19.7. The molecule has 1 saturated heterocycles. The molecule has 1 aliphatic carbocycles. The standard InChI is InChI=1S/C18H18BN3O6/c23-15(3-9-5-20-8-21-9)22-6-10(7-22)27-14-2-1-11-12-4-13(12)19(26)28-17(11)16(14)18(24)25/h1-2,5,8,10,12-13,26H,3-4,6-7H2,(H,20,21)(H,24,25)/t12?,13-/m1/s1. The largest absolute Gasteiger partial charge is 0.535 e. The van der Waals surface area contributed by atoms with E-state index in [2.05, 4.69) is 9.97 Å². The van der Waals surface area contributed by atoms with Crippen molar-refractivity contribution in [1.29, 1.82) is 0 Å². The van der Waals surface area contributed by atoms with Crippen molar-refractivity contribution in [3.63, 3.8) is 0 Å². The van der Waals surface area contributed by atoms with Crippen LogP contribution >= 0.6 is 0 Å². The number of nitrogens with one attached hydrogen (secondary N) is 1. The lowest BCUT2D eigenvalue weighted by Crippen LogP contribution is -2.56. The summed E-state index contributed by atoms with van der Waals surface area (Å²) in [6.07, 6.45) is 3.92. The third-order valence-electron chi connectivity index (χ3n) is 5.59. The number of imidazole rings is 1. The molecule has 2 aromatic rings. The van der Waals surface area contributed by atoms with E-state index in [4.69, 9.17) is 9.39 Å². The maximum Gasteiger partial charge on any atom is 0.526 e. The van der Waals surface area contributed by atoms with Crippen molar-refractivity contribution in [1.82, 2.24) is 14.9 Å².